The van der Waals surface area contributed by atoms with Crippen LogP contribution < -0.4 is 25.4 Å². The number of aryl methyl sites for hydroxylation is 1. The van der Waals surface area contributed by atoms with E-state index >= 15 is 0 Å². The summed E-state index contributed by atoms with van der Waals surface area (Å²) in [7, 11) is 1.58. The summed E-state index contributed by atoms with van der Waals surface area (Å²) in [5.41, 5.74) is 3.90. The zero-order chi connectivity index (χ0) is 21.8. The highest BCUT2D eigenvalue weighted by Crippen LogP contribution is 2.40. The molecule has 1 aliphatic rings. The number of carbonyl (C=O) groups excluding carboxylic acids is 1. The number of methoxy groups -OCH3 is 1. The zero-order valence-electron chi connectivity index (χ0n) is 17.3. The van der Waals surface area contributed by atoms with Crippen molar-refractivity contribution in [2.24, 2.45) is 0 Å². The van der Waals surface area contributed by atoms with Crippen molar-refractivity contribution in [3.63, 3.8) is 0 Å². The van der Waals surface area contributed by atoms with E-state index in [2.05, 4.69) is 31.9 Å². The Morgan fingerprint density at radius 1 is 1.23 bits per heavy atom. The number of amides is 1. The molecule has 0 aromatic heterocycles. The van der Waals surface area contributed by atoms with Gasteiger partial charge in [-0.2, -0.15) is 0 Å². The van der Waals surface area contributed by atoms with E-state index in [1.54, 1.807) is 7.11 Å². The minimum atomic E-state index is -0.454. The molecule has 158 valence electrons. The number of hydrogen-bond acceptors (Lipinski definition) is 4. The Kier molecular flexibility index (Phi) is 6.99. The molecule has 0 fully saturated rings. The third kappa shape index (κ3) is 4.76. The molecule has 1 amide bonds. The summed E-state index contributed by atoms with van der Waals surface area (Å²) in [5.74, 6) is 0.975. The first-order valence-corrected chi connectivity index (χ1v) is 10.7. The summed E-state index contributed by atoms with van der Waals surface area (Å²) < 4.78 is 11.9. The topological polar surface area (TPSA) is 71.6 Å². The van der Waals surface area contributed by atoms with E-state index in [0.29, 0.717) is 34.5 Å². The standard InChI is InChI=1S/C22H24BrN3O3S/c1-5-29-20-16(23)10-14(11-17(20)28-4)19-18(13(3)24-22(30)26-19)21(27)25-15-8-6-12(2)7-9-15/h6-11,19H,5H2,1-4H3,(H,25,27)(H2,24,26,30)/t19-/m0/s1. The Morgan fingerprint density at radius 3 is 2.57 bits per heavy atom. The molecule has 0 spiro atoms. The number of hydrogen-bond donors (Lipinski definition) is 3. The molecule has 8 heteroatoms. The predicted molar refractivity (Wildman–Crippen MR) is 126 cm³/mol. The van der Waals surface area contributed by atoms with Gasteiger partial charge in [0, 0.05) is 11.4 Å². The van der Waals surface area contributed by atoms with Gasteiger partial charge in [-0.25, -0.2) is 0 Å². The molecule has 0 saturated carbocycles. The van der Waals surface area contributed by atoms with Crippen LogP contribution in [-0.4, -0.2) is 24.7 Å². The van der Waals surface area contributed by atoms with Gasteiger partial charge in [0.1, 0.15) is 0 Å². The lowest BCUT2D eigenvalue weighted by molar-refractivity contribution is -0.113. The molecule has 0 unspecified atom stereocenters. The number of anilines is 1. The number of thiocarbonyl (C=S) groups is 1. The third-order valence-electron chi connectivity index (χ3n) is 4.70. The van der Waals surface area contributed by atoms with Gasteiger partial charge in [0.05, 0.1) is 29.8 Å². The summed E-state index contributed by atoms with van der Waals surface area (Å²) in [6.45, 7) is 6.26. The van der Waals surface area contributed by atoms with Gasteiger partial charge in [0.2, 0.25) is 0 Å². The van der Waals surface area contributed by atoms with Crippen molar-refractivity contribution in [2.45, 2.75) is 26.8 Å². The van der Waals surface area contributed by atoms with E-state index in [1.807, 2.05) is 57.2 Å². The summed E-state index contributed by atoms with van der Waals surface area (Å²) in [6, 6.07) is 11.0. The molecule has 1 atom stereocenters. The van der Waals surface area contributed by atoms with Gasteiger partial charge in [-0.1, -0.05) is 17.7 Å². The highest BCUT2D eigenvalue weighted by atomic mass is 79.9. The van der Waals surface area contributed by atoms with Gasteiger partial charge in [-0.05, 0) is 78.7 Å². The Morgan fingerprint density at radius 2 is 1.93 bits per heavy atom. The number of nitrogens with one attached hydrogen (secondary N) is 3. The lowest BCUT2D eigenvalue weighted by Gasteiger charge is -2.31. The fraction of sp³-hybridized carbons (Fsp3) is 0.273. The summed E-state index contributed by atoms with van der Waals surface area (Å²) in [4.78, 5) is 13.2. The first-order valence-electron chi connectivity index (χ1n) is 9.50. The fourth-order valence-corrected chi connectivity index (χ4v) is 4.12. The van der Waals surface area contributed by atoms with Crippen LogP contribution in [0.5, 0.6) is 11.5 Å². The van der Waals surface area contributed by atoms with Crippen LogP contribution >= 0.6 is 28.1 Å². The van der Waals surface area contributed by atoms with E-state index in [4.69, 9.17) is 21.7 Å². The van der Waals surface area contributed by atoms with Crippen molar-refractivity contribution < 1.29 is 14.3 Å². The zero-order valence-corrected chi connectivity index (χ0v) is 19.7. The normalized spacial score (nSPS) is 15.9. The molecule has 6 nitrogen and oxygen atoms in total. The molecule has 30 heavy (non-hydrogen) atoms. The predicted octanol–water partition coefficient (Wildman–Crippen LogP) is 4.60. The molecule has 1 aliphatic heterocycles. The molecule has 1 heterocycles. The lowest BCUT2D eigenvalue weighted by atomic mass is 9.94. The number of allylic oxidation sites excluding steroid dienone is 1. The van der Waals surface area contributed by atoms with E-state index in [9.17, 15) is 4.79 Å². The molecule has 2 aromatic rings. The number of carbonyl (C=O) groups is 1. The highest BCUT2D eigenvalue weighted by Gasteiger charge is 2.31. The van der Waals surface area contributed by atoms with Gasteiger partial charge in [-0.15, -0.1) is 0 Å². The van der Waals surface area contributed by atoms with Gasteiger partial charge in [0.15, 0.2) is 16.6 Å². The molecule has 3 rings (SSSR count). The van der Waals surface area contributed by atoms with Crippen molar-refractivity contribution in [1.82, 2.24) is 10.6 Å². The van der Waals surface area contributed by atoms with Crippen molar-refractivity contribution >= 4 is 44.9 Å². The minimum absolute atomic E-state index is 0.215. The number of halogens is 1. The summed E-state index contributed by atoms with van der Waals surface area (Å²) in [5, 5.41) is 9.68. The van der Waals surface area contributed by atoms with Crippen LogP contribution in [0, 0.1) is 6.92 Å². The maximum Gasteiger partial charge on any atom is 0.255 e. The molecule has 0 saturated heterocycles. The Balaban J connectivity index is 2.00. The molecule has 0 aliphatic carbocycles. The van der Waals surface area contributed by atoms with E-state index in [-0.39, 0.29) is 5.91 Å². The van der Waals surface area contributed by atoms with Crippen LogP contribution in [0.25, 0.3) is 0 Å². The SMILES string of the molecule is CCOc1c(Br)cc([C@@H]2NC(=S)NC(C)=C2C(=O)Nc2ccc(C)cc2)cc1OC. The van der Waals surface area contributed by atoms with Crippen LogP contribution in [0.4, 0.5) is 5.69 Å². The summed E-state index contributed by atoms with van der Waals surface area (Å²) >= 11 is 8.91. The second-order valence-electron chi connectivity index (χ2n) is 6.86. The Hall–Kier alpha value is -2.58. The quantitative estimate of drug-likeness (QED) is 0.515. The second-order valence-corrected chi connectivity index (χ2v) is 8.12. The van der Waals surface area contributed by atoms with Crippen molar-refractivity contribution in [1.29, 1.82) is 0 Å². The molecular weight excluding hydrogens is 466 g/mol. The van der Waals surface area contributed by atoms with Gasteiger partial charge in [-0.3, -0.25) is 4.79 Å². The third-order valence-corrected chi connectivity index (χ3v) is 5.51. The van der Waals surface area contributed by atoms with Gasteiger partial charge < -0.3 is 25.4 Å². The van der Waals surface area contributed by atoms with E-state index in [0.717, 1.165) is 21.3 Å². The van der Waals surface area contributed by atoms with Crippen molar-refractivity contribution in [3.05, 3.63) is 63.3 Å². The number of benzene rings is 2. The van der Waals surface area contributed by atoms with Crippen LogP contribution in [-0.2, 0) is 4.79 Å². The number of rotatable bonds is 6. The lowest BCUT2D eigenvalue weighted by Crippen LogP contribution is -2.45. The average Bonchev–Trinajstić information content (AvgIpc) is 2.70. The minimum Gasteiger partial charge on any atom is -0.493 e. The van der Waals surface area contributed by atoms with Crippen LogP contribution in [0.2, 0.25) is 0 Å². The Bertz CT molecular complexity index is 1010. The monoisotopic (exact) mass is 489 g/mol. The molecule has 0 radical (unpaired) electrons. The van der Waals surface area contributed by atoms with E-state index in [1.165, 1.54) is 0 Å². The van der Waals surface area contributed by atoms with Gasteiger partial charge >= 0.3 is 0 Å². The molecule has 2 aromatic carbocycles. The first-order chi connectivity index (χ1) is 14.3. The van der Waals surface area contributed by atoms with E-state index < -0.39 is 6.04 Å². The largest absolute Gasteiger partial charge is 0.493 e. The van der Waals surface area contributed by atoms with Crippen LogP contribution in [0.15, 0.2) is 52.1 Å². The molecular formula is C22H24BrN3O3S. The molecule has 0 bridgehead atoms. The maximum atomic E-state index is 13.2. The van der Waals surface area contributed by atoms with Gasteiger partial charge in [0.25, 0.3) is 5.91 Å². The first kappa shape index (κ1) is 22.1. The summed E-state index contributed by atoms with van der Waals surface area (Å²) in [6.07, 6.45) is 0. The van der Waals surface area contributed by atoms with Crippen molar-refractivity contribution in [3.8, 4) is 11.5 Å². The average molecular weight is 490 g/mol. The van der Waals surface area contributed by atoms with Crippen LogP contribution in [0.1, 0.15) is 31.0 Å². The maximum absolute atomic E-state index is 13.2. The number of ether oxygens (including phenoxy) is 2. The second kappa shape index (κ2) is 9.49. The smallest absolute Gasteiger partial charge is 0.255 e. The highest BCUT2D eigenvalue weighted by molar-refractivity contribution is 9.10. The van der Waals surface area contributed by atoms with Crippen LogP contribution in [0.3, 0.4) is 0 Å². The molecule has 3 N–H and O–H groups in total. The van der Waals surface area contributed by atoms with Crippen molar-refractivity contribution in [2.75, 3.05) is 19.0 Å². The Labute approximate surface area is 190 Å². The fourth-order valence-electron chi connectivity index (χ4n) is 3.27.